The maximum absolute atomic E-state index is 13.4. The van der Waals surface area contributed by atoms with Crippen molar-refractivity contribution in [2.75, 3.05) is 13.2 Å². The third-order valence-corrected chi connectivity index (χ3v) is 2.97. The second-order valence-electron chi connectivity index (χ2n) is 4.61. The molecule has 0 saturated heterocycles. The molecule has 118 valence electrons. The Bertz CT molecular complexity index is 716. The standard InChI is InChI=1S/C17H14FNO4/c18-14-9-5-4-8-13(14)17(22)19-10-16(21)23-11-15(20)12-6-2-1-3-7-12/h1-9H,10-11H2,(H,19,22). The summed E-state index contributed by atoms with van der Waals surface area (Å²) in [5, 5.41) is 2.24. The predicted molar refractivity (Wildman–Crippen MR) is 80.5 cm³/mol. The molecule has 1 amide bonds. The van der Waals surface area contributed by atoms with Crippen molar-refractivity contribution < 1.29 is 23.5 Å². The topological polar surface area (TPSA) is 72.5 Å². The smallest absolute Gasteiger partial charge is 0.325 e. The van der Waals surface area contributed by atoms with Crippen molar-refractivity contribution in [3.63, 3.8) is 0 Å². The number of halogens is 1. The van der Waals surface area contributed by atoms with Gasteiger partial charge in [-0.15, -0.1) is 0 Å². The van der Waals surface area contributed by atoms with E-state index < -0.39 is 30.8 Å². The van der Waals surface area contributed by atoms with Gasteiger partial charge in [-0.05, 0) is 12.1 Å². The first-order chi connectivity index (χ1) is 11.1. The normalized spacial score (nSPS) is 9.96. The second kappa shape index (κ2) is 7.84. The maximum atomic E-state index is 13.4. The molecule has 0 saturated carbocycles. The molecule has 0 aromatic heterocycles. The van der Waals surface area contributed by atoms with E-state index in [1.165, 1.54) is 18.2 Å². The Kier molecular flexibility index (Phi) is 5.57. The van der Waals surface area contributed by atoms with Gasteiger partial charge in [0.05, 0.1) is 5.56 Å². The van der Waals surface area contributed by atoms with E-state index in [4.69, 9.17) is 4.74 Å². The van der Waals surface area contributed by atoms with Gasteiger partial charge in [-0.1, -0.05) is 42.5 Å². The van der Waals surface area contributed by atoms with E-state index in [0.717, 1.165) is 6.07 Å². The largest absolute Gasteiger partial charge is 0.456 e. The van der Waals surface area contributed by atoms with Crippen LogP contribution in [0.15, 0.2) is 54.6 Å². The molecule has 5 nitrogen and oxygen atoms in total. The summed E-state index contributed by atoms with van der Waals surface area (Å²) < 4.78 is 18.2. The number of ether oxygens (including phenoxy) is 1. The van der Waals surface area contributed by atoms with E-state index in [0.29, 0.717) is 5.56 Å². The second-order valence-corrected chi connectivity index (χ2v) is 4.61. The summed E-state index contributed by atoms with van der Waals surface area (Å²) in [7, 11) is 0. The number of amides is 1. The third-order valence-electron chi connectivity index (χ3n) is 2.97. The summed E-state index contributed by atoms with van der Waals surface area (Å²) in [6.45, 7) is -0.867. The SMILES string of the molecule is O=C(CNC(=O)c1ccccc1F)OCC(=O)c1ccccc1. The van der Waals surface area contributed by atoms with Gasteiger partial charge in [0.25, 0.3) is 5.91 Å². The van der Waals surface area contributed by atoms with Gasteiger partial charge in [-0.3, -0.25) is 14.4 Å². The number of ketones is 1. The van der Waals surface area contributed by atoms with Crippen LogP contribution in [-0.2, 0) is 9.53 Å². The summed E-state index contributed by atoms with van der Waals surface area (Å²) in [6.07, 6.45) is 0. The molecule has 0 radical (unpaired) electrons. The van der Waals surface area contributed by atoms with E-state index in [9.17, 15) is 18.8 Å². The monoisotopic (exact) mass is 315 g/mol. The maximum Gasteiger partial charge on any atom is 0.325 e. The Balaban J connectivity index is 1.78. The van der Waals surface area contributed by atoms with Crippen LogP contribution in [0.2, 0.25) is 0 Å². The van der Waals surface area contributed by atoms with Crippen LogP contribution in [0.4, 0.5) is 4.39 Å². The zero-order valence-corrected chi connectivity index (χ0v) is 12.1. The molecule has 0 bridgehead atoms. The van der Waals surface area contributed by atoms with Crippen molar-refractivity contribution >= 4 is 17.7 Å². The quantitative estimate of drug-likeness (QED) is 0.653. The van der Waals surface area contributed by atoms with Crippen LogP contribution in [0, 0.1) is 5.82 Å². The number of carbonyl (C=O) groups is 3. The number of Topliss-reactive ketones (excluding diaryl/α,β-unsaturated/α-hetero) is 1. The predicted octanol–water partition coefficient (Wildman–Crippen LogP) is 1.98. The van der Waals surface area contributed by atoms with Crippen LogP contribution < -0.4 is 5.32 Å². The Morgan fingerprint density at radius 2 is 1.61 bits per heavy atom. The Labute approximate surface area is 132 Å². The molecule has 6 heteroatoms. The molecule has 1 N–H and O–H groups in total. The van der Waals surface area contributed by atoms with Gasteiger partial charge in [0.15, 0.2) is 12.4 Å². The molecule has 0 unspecified atom stereocenters. The number of carbonyl (C=O) groups excluding carboxylic acids is 3. The number of hydrogen-bond donors (Lipinski definition) is 1. The van der Waals surface area contributed by atoms with Crippen molar-refractivity contribution in [1.29, 1.82) is 0 Å². The lowest BCUT2D eigenvalue weighted by atomic mass is 10.1. The minimum atomic E-state index is -0.779. The number of hydrogen-bond acceptors (Lipinski definition) is 4. The molecule has 0 aliphatic rings. The minimum absolute atomic E-state index is 0.166. The first-order valence-corrected chi connectivity index (χ1v) is 6.84. The number of esters is 1. The fourth-order valence-corrected chi connectivity index (χ4v) is 1.80. The van der Waals surface area contributed by atoms with Crippen LogP contribution in [0.5, 0.6) is 0 Å². The molecule has 0 aliphatic carbocycles. The Morgan fingerprint density at radius 1 is 0.957 bits per heavy atom. The molecule has 23 heavy (non-hydrogen) atoms. The van der Waals surface area contributed by atoms with E-state index in [-0.39, 0.29) is 11.3 Å². The van der Waals surface area contributed by atoms with Crippen LogP contribution in [0.3, 0.4) is 0 Å². The van der Waals surface area contributed by atoms with Crippen LogP contribution in [-0.4, -0.2) is 30.8 Å². The summed E-state index contributed by atoms with van der Waals surface area (Å²) in [6, 6.07) is 13.8. The lowest BCUT2D eigenvalue weighted by Crippen LogP contribution is -2.32. The van der Waals surface area contributed by atoms with Crippen molar-refractivity contribution in [2.45, 2.75) is 0 Å². The van der Waals surface area contributed by atoms with Crippen molar-refractivity contribution in [3.05, 3.63) is 71.5 Å². The first-order valence-electron chi connectivity index (χ1n) is 6.84. The molecule has 0 spiro atoms. The average Bonchev–Trinajstić information content (AvgIpc) is 2.58. The summed E-state index contributed by atoms with van der Waals surface area (Å²) in [5.41, 5.74) is 0.261. The third kappa shape index (κ3) is 4.74. The van der Waals surface area contributed by atoms with E-state index in [2.05, 4.69) is 5.32 Å². The van der Waals surface area contributed by atoms with Crippen LogP contribution in [0.1, 0.15) is 20.7 Å². The van der Waals surface area contributed by atoms with Crippen LogP contribution >= 0.6 is 0 Å². The molecule has 0 aliphatic heterocycles. The highest BCUT2D eigenvalue weighted by molar-refractivity contribution is 5.98. The highest BCUT2D eigenvalue weighted by atomic mass is 19.1. The Morgan fingerprint density at radius 3 is 2.30 bits per heavy atom. The summed E-state index contributed by atoms with van der Waals surface area (Å²) >= 11 is 0. The van der Waals surface area contributed by atoms with E-state index >= 15 is 0 Å². The van der Waals surface area contributed by atoms with Gasteiger partial charge in [0.1, 0.15) is 12.4 Å². The Hall–Kier alpha value is -3.02. The molecular formula is C17H14FNO4. The van der Waals surface area contributed by atoms with Gasteiger partial charge in [0.2, 0.25) is 0 Å². The minimum Gasteiger partial charge on any atom is -0.456 e. The van der Waals surface area contributed by atoms with Crippen molar-refractivity contribution in [3.8, 4) is 0 Å². The first kappa shape index (κ1) is 16.4. The number of benzene rings is 2. The lowest BCUT2D eigenvalue weighted by Gasteiger charge is -2.07. The summed E-state index contributed by atoms with van der Waals surface area (Å²) in [5.74, 6) is -2.54. The van der Waals surface area contributed by atoms with Gasteiger partial charge in [-0.2, -0.15) is 0 Å². The molecular weight excluding hydrogens is 301 g/mol. The fourth-order valence-electron chi connectivity index (χ4n) is 1.80. The molecule has 2 aromatic carbocycles. The van der Waals surface area contributed by atoms with Gasteiger partial charge in [0, 0.05) is 5.56 Å². The summed E-state index contributed by atoms with van der Waals surface area (Å²) in [4.78, 5) is 35.0. The van der Waals surface area contributed by atoms with E-state index in [1.807, 2.05) is 0 Å². The van der Waals surface area contributed by atoms with Crippen LogP contribution in [0.25, 0.3) is 0 Å². The highest BCUT2D eigenvalue weighted by Gasteiger charge is 2.14. The van der Waals surface area contributed by atoms with E-state index in [1.54, 1.807) is 30.3 Å². The molecule has 0 fully saturated rings. The molecule has 0 atom stereocenters. The zero-order chi connectivity index (χ0) is 16.7. The van der Waals surface area contributed by atoms with Gasteiger partial charge < -0.3 is 10.1 Å². The van der Waals surface area contributed by atoms with Gasteiger partial charge >= 0.3 is 5.97 Å². The van der Waals surface area contributed by atoms with Gasteiger partial charge in [-0.25, -0.2) is 4.39 Å². The zero-order valence-electron chi connectivity index (χ0n) is 12.1. The number of rotatable bonds is 6. The molecule has 2 aromatic rings. The lowest BCUT2D eigenvalue weighted by molar-refractivity contribution is -0.141. The fraction of sp³-hybridized carbons (Fsp3) is 0.118. The highest BCUT2D eigenvalue weighted by Crippen LogP contribution is 2.05. The molecule has 2 rings (SSSR count). The number of nitrogens with one attached hydrogen (secondary N) is 1. The molecule has 0 heterocycles. The average molecular weight is 315 g/mol. The van der Waals surface area contributed by atoms with Crippen molar-refractivity contribution in [2.24, 2.45) is 0 Å². The van der Waals surface area contributed by atoms with Crippen molar-refractivity contribution in [1.82, 2.24) is 5.32 Å².